The zero-order valence-electron chi connectivity index (χ0n) is 12.0. The SMILES string of the molecule is Cc1ccc(C=CC(=O)N2CCC(C(=O)O)C2C)cc1Cl. The molecule has 1 N–H and O–H groups in total. The van der Waals surface area contributed by atoms with E-state index in [1.165, 1.54) is 6.08 Å². The third-order valence-corrected chi connectivity index (χ3v) is 4.38. The third-order valence-electron chi connectivity index (χ3n) is 3.97. The minimum atomic E-state index is -0.841. The zero-order valence-corrected chi connectivity index (χ0v) is 12.8. The fourth-order valence-corrected chi connectivity index (χ4v) is 2.75. The number of benzene rings is 1. The summed E-state index contributed by atoms with van der Waals surface area (Å²) in [5.74, 6) is -1.48. The van der Waals surface area contributed by atoms with Crippen LogP contribution in [0.15, 0.2) is 24.3 Å². The van der Waals surface area contributed by atoms with Crippen LogP contribution in [0.3, 0.4) is 0 Å². The Morgan fingerprint density at radius 1 is 1.43 bits per heavy atom. The summed E-state index contributed by atoms with van der Waals surface area (Å²) < 4.78 is 0. The molecule has 4 nitrogen and oxygen atoms in total. The van der Waals surface area contributed by atoms with Crippen LogP contribution in [0.25, 0.3) is 6.08 Å². The van der Waals surface area contributed by atoms with E-state index >= 15 is 0 Å². The first kappa shape index (κ1) is 15.6. The van der Waals surface area contributed by atoms with Crippen molar-refractivity contribution < 1.29 is 14.7 Å². The molecule has 1 aliphatic rings. The largest absolute Gasteiger partial charge is 0.481 e. The van der Waals surface area contributed by atoms with Crippen molar-refractivity contribution in [3.63, 3.8) is 0 Å². The van der Waals surface area contributed by atoms with E-state index in [2.05, 4.69) is 0 Å². The molecule has 1 heterocycles. The molecule has 2 rings (SSSR count). The van der Waals surface area contributed by atoms with Gasteiger partial charge in [-0.2, -0.15) is 0 Å². The van der Waals surface area contributed by atoms with Crippen molar-refractivity contribution >= 4 is 29.6 Å². The van der Waals surface area contributed by atoms with Gasteiger partial charge in [0.25, 0.3) is 0 Å². The molecule has 2 atom stereocenters. The highest BCUT2D eigenvalue weighted by atomic mass is 35.5. The van der Waals surface area contributed by atoms with Gasteiger partial charge in [-0.3, -0.25) is 9.59 Å². The molecule has 21 heavy (non-hydrogen) atoms. The van der Waals surface area contributed by atoms with E-state index < -0.39 is 11.9 Å². The number of carbonyl (C=O) groups is 2. The second-order valence-electron chi connectivity index (χ2n) is 5.35. The van der Waals surface area contributed by atoms with E-state index in [1.807, 2.05) is 19.1 Å². The highest BCUT2D eigenvalue weighted by Gasteiger charge is 2.37. The summed E-state index contributed by atoms with van der Waals surface area (Å²) in [6.07, 6.45) is 3.68. The molecule has 0 aliphatic carbocycles. The van der Waals surface area contributed by atoms with Crippen molar-refractivity contribution in [3.05, 3.63) is 40.4 Å². The van der Waals surface area contributed by atoms with E-state index in [0.717, 1.165) is 11.1 Å². The van der Waals surface area contributed by atoms with E-state index in [1.54, 1.807) is 24.0 Å². The predicted molar refractivity (Wildman–Crippen MR) is 82.1 cm³/mol. The number of carboxylic acid groups (broad SMARTS) is 1. The fraction of sp³-hybridized carbons (Fsp3) is 0.375. The van der Waals surface area contributed by atoms with Gasteiger partial charge < -0.3 is 10.0 Å². The number of carbonyl (C=O) groups excluding carboxylic acids is 1. The van der Waals surface area contributed by atoms with Gasteiger partial charge in [-0.1, -0.05) is 23.7 Å². The maximum absolute atomic E-state index is 12.2. The number of hydrogen-bond donors (Lipinski definition) is 1. The number of aryl methyl sites for hydroxylation is 1. The lowest BCUT2D eigenvalue weighted by Gasteiger charge is -2.21. The van der Waals surface area contributed by atoms with Gasteiger partial charge in [-0.15, -0.1) is 0 Å². The van der Waals surface area contributed by atoms with E-state index in [0.29, 0.717) is 18.0 Å². The van der Waals surface area contributed by atoms with Crippen LogP contribution in [-0.2, 0) is 9.59 Å². The maximum Gasteiger partial charge on any atom is 0.308 e. The summed E-state index contributed by atoms with van der Waals surface area (Å²) in [4.78, 5) is 24.8. The Labute approximate surface area is 129 Å². The van der Waals surface area contributed by atoms with Crippen LogP contribution < -0.4 is 0 Å². The minimum absolute atomic E-state index is 0.164. The normalized spacial score (nSPS) is 22.0. The van der Waals surface area contributed by atoms with Crippen molar-refractivity contribution in [1.29, 1.82) is 0 Å². The van der Waals surface area contributed by atoms with Crippen LogP contribution in [0.1, 0.15) is 24.5 Å². The number of amides is 1. The number of carboxylic acids is 1. The molecule has 5 heteroatoms. The molecule has 0 radical (unpaired) electrons. The Morgan fingerprint density at radius 2 is 2.14 bits per heavy atom. The van der Waals surface area contributed by atoms with Crippen LogP contribution >= 0.6 is 11.6 Å². The number of hydrogen-bond acceptors (Lipinski definition) is 2. The smallest absolute Gasteiger partial charge is 0.308 e. The van der Waals surface area contributed by atoms with Gasteiger partial charge in [-0.25, -0.2) is 0 Å². The van der Waals surface area contributed by atoms with Gasteiger partial charge in [0, 0.05) is 23.7 Å². The molecule has 1 aliphatic heterocycles. The Morgan fingerprint density at radius 3 is 2.71 bits per heavy atom. The van der Waals surface area contributed by atoms with Crippen LogP contribution in [0.5, 0.6) is 0 Å². The second-order valence-corrected chi connectivity index (χ2v) is 5.75. The second kappa shape index (κ2) is 6.31. The summed E-state index contributed by atoms with van der Waals surface area (Å²) in [5.41, 5.74) is 1.83. The molecular formula is C16H18ClNO3. The predicted octanol–water partition coefficient (Wildman–Crippen LogP) is 2.98. The molecule has 1 aromatic rings. The summed E-state index contributed by atoms with van der Waals surface area (Å²) >= 11 is 6.04. The van der Waals surface area contributed by atoms with Crippen molar-refractivity contribution in [2.45, 2.75) is 26.3 Å². The standard InChI is InChI=1S/C16H18ClNO3/c1-10-3-4-12(9-14(10)17)5-6-15(19)18-8-7-13(11(18)2)16(20)21/h3-6,9,11,13H,7-8H2,1-2H3,(H,20,21). The molecule has 1 aromatic carbocycles. The molecule has 0 spiro atoms. The first-order valence-electron chi connectivity index (χ1n) is 6.88. The molecule has 1 amide bonds. The van der Waals surface area contributed by atoms with Gasteiger partial charge >= 0.3 is 5.97 Å². The van der Waals surface area contributed by atoms with Crippen molar-refractivity contribution in [1.82, 2.24) is 4.90 Å². The third kappa shape index (κ3) is 3.45. The van der Waals surface area contributed by atoms with Gasteiger partial charge in [0.2, 0.25) is 5.91 Å². The van der Waals surface area contributed by atoms with E-state index in [4.69, 9.17) is 16.7 Å². The molecule has 112 valence electrons. The van der Waals surface area contributed by atoms with Crippen LogP contribution in [0, 0.1) is 12.8 Å². The number of nitrogens with zero attached hydrogens (tertiary/aromatic N) is 1. The first-order valence-corrected chi connectivity index (χ1v) is 7.25. The lowest BCUT2D eigenvalue weighted by Crippen LogP contribution is -2.36. The number of likely N-dealkylation sites (tertiary alicyclic amines) is 1. The molecule has 0 bridgehead atoms. The van der Waals surface area contributed by atoms with Crippen LogP contribution in [0.2, 0.25) is 5.02 Å². The lowest BCUT2D eigenvalue weighted by molar-refractivity contribution is -0.142. The van der Waals surface area contributed by atoms with Gasteiger partial charge in [0.15, 0.2) is 0 Å². The van der Waals surface area contributed by atoms with Gasteiger partial charge in [0.05, 0.1) is 5.92 Å². The fourth-order valence-electron chi connectivity index (χ4n) is 2.56. The minimum Gasteiger partial charge on any atom is -0.481 e. The monoisotopic (exact) mass is 307 g/mol. The van der Waals surface area contributed by atoms with E-state index in [9.17, 15) is 9.59 Å². The van der Waals surface area contributed by atoms with Crippen molar-refractivity contribution in [2.24, 2.45) is 5.92 Å². The zero-order chi connectivity index (χ0) is 15.6. The Bertz CT molecular complexity index is 597. The Balaban J connectivity index is 2.06. The Kier molecular flexibility index (Phi) is 4.68. The summed E-state index contributed by atoms with van der Waals surface area (Å²) in [5, 5.41) is 9.73. The summed E-state index contributed by atoms with van der Waals surface area (Å²) in [7, 11) is 0. The van der Waals surface area contributed by atoms with E-state index in [-0.39, 0.29) is 11.9 Å². The van der Waals surface area contributed by atoms with Gasteiger partial charge in [0.1, 0.15) is 0 Å². The van der Waals surface area contributed by atoms with Crippen molar-refractivity contribution in [3.8, 4) is 0 Å². The van der Waals surface area contributed by atoms with Crippen LogP contribution in [0.4, 0.5) is 0 Å². The summed E-state index contributed by atoms with van der Waals surface area (Å²) in [6, 6.07) is 5.30. The lowest BCUT2D eigenvalue weighted by atomic mass is 10.0. The molecule has 2 unspecified atom stereocenters. The number of halogens is 1. The van der Waals surface area contributed by atoms with Gasteiger partial charge in [-0.05, 0) is 43.5 Å². The average Bonchev–Trinajstić information content (AvgIpc) is 2.82. The molecule has 0 saturated carbocycles. The Hall–Kier alpha value is -1.81. The molecule has 0 aromatic heterocycles. The first-order chi connectivity index (χ1) is 9.90. The highest BCUT2D eigenvalue weighted by Crippen LogP contribution is 2.25. The average molecular weight is 308 g/mol. The molecule has 1 fully saturated rings. The topological polar surface area (TPSA) is 57.6 Å². The van der Waals surface area contributed by atoms with Crippen molar-refractivity contribution in [2.75, 3.05) is 6.54 Å². The highest BCUT2D eigenvalue weighted by molar-refractivity contribution is 6.31. The molecular weight excluding hydrogens is 290 g/mol. The molecule has 1 saturated heterocycles. The number of rotatable bonds is 3. The maximum atomic E-state index is 12.2. The van der Waals surface area contributed by atoms with Crippen LogP contribution in [-0.4, -0.2) is 34.5 Å². The summed E-state index contributed by atoms with van der Waals surface area (Å²) in [6.45, 7) is 4.18. The number of aliphatic carboxylic acids is 1. The quantitative estimate of drug-likeness (QED) is 0.873.